The second kappa shape index (κ2) is 9.80. The first-order valence-electron chi connectivity index (χ1n) is 8.59. The van der Waals surface area contributed by atoms with E-state index in [0.29, 0.717) is 16.3 Å². The second-order valence-corrected chi connectivity index (χ2v) is 7.44. The highest BCUT2D eigenvalue weighted by Crippen LogP contribution is 2.23. The van der Waals surface area contributed by atoms with E-state index in [1.165, 1.54) is 11.1 Å². The number of hydrogen-bond donors (Lipinski definition) is 1. The standard InChI is InChI=1S/C23H17ClN2OS/c24-20-8-5-9-21(13-20)26-15-19(14-25)23(27)18-7-4-6-17(12-18)16-28-22-10-2-1-3-11-22/h1-13,15,26H,16H2/b19-15+. The summed E-state index contributed by atoms with van der Waals surface area (Å²) in [5.74, 6) is 0.431. The molecule has 0 aliphatic rings. The topological polar surface area (TPSA) is 52.9 Å². The summed E-state index contributed by atoms with van der Waals surface area (Å²) in [5.41, 5.74) is 2.26. The van der Waals surface area contributed by atoms with E-state index in [1.807, 2.05) is 48.5 Å². The number of nitrogens with zero attached hydrogens (tertiary/aromatic N) is 1. The third-order valence-electron chi connectivity index (χ3n) is 3.91. The molecular weight excluding hydrogens is 388 g/mol. The summed E-state index contributed by atoms with van der Waals surface area (Å²) in [4.78, 5) is 13.9. The molecule has 1 N–H and O–H groups in total. The quantitative estimate of drug-likeness (QED) is 0.216. The minimum Gasteiger partial charge on any atom is -0.360 e. The van der Waals surface area contributed by atoms with E-state index >= 15 is 0 Å². The van der Waals surface area contributed by atoms with Crippen molar-refractivity contribution in [2.45, 2.75) is 10.6 Å². The number of carbonyl (C=O) groups is 1. The van der Waals surface area contributed by atoms with Gasteiger partial charge in [-0.3, -0.25) is 4.79 Å². The van der Waals surface area contributed by atoms with Gasteiger partial charge in [-0.15, -0.1) is 11.8 Å². The normalized spacial score (nSPS) is 10.9. The molecule has 0 saturated heterocycles. The van der Waals surface area contributed by atoms with Crippen molar-refractivity contribution in [3.05, 3.63) is 107 Å². The van der Waals surface area contributed by atoms with Crippen LogP contribution in [0.5, 0.6) is 0 Å². The molecule has 0 atom stereocenters. The maximum atomic E-state index is 12.7. The lowest BCUT2D eigenvalue weighted by atomic mass is 10.0. The van der Waals surface area contributed by atoms with Crippen molar-refractivity contribution in [3.63, 3.8) is 0 Å². The fourth-order valence-corrected chi connectivity index (χ4v) is 3.58. The minimum absolute atomic E-state index is 0.0350. The number of halogens is 1. The zero-order valence-corrected chi connectivity index (χ0v) is 16.5. The van der Waals surface area contributed by atoms with Gasteiger partial charge in [0, 0.05) is 33.1 Å². The van der Waals surface area contributed by atoms with Gasteiger partial charge in [0.25, 0.3) is 0 Å². The first-order chi connectivity index (χ1) is 13.7. The summed E-state index contributed by atoms with van der Waals surface area (Å²) in [6.07, 6.45) is 1.42. The maximum absolute atomic E-state index is 12.7. The van der Waals surface area contributed by atoms with Crippen LogP contribution < -0.4 is 5.32 Å². The van der Waals surface area contributed by atoms with Gasteiger partial charge >= 0.3 is 0 Å². The third kappa shape index (κ3) is 5.50. The largest absolute Gasteiger partial charge is 0.360 e. The molecule has 3 aromatic rings. The maximum Gasteiger partial charge on any atom is 0.205 e. The zero-order chi connectivity index (χ0) is 19.8. The predicted octanol–water partition coefficient (Wildman–Crippen LogP) is 6.33. The monoisotopic (exact) mass is 404 g/mol. The Hall–Kier alpha value is -3.00. The van der Waals surface area contributed by atoms with Crippen molar-refractivity contribution in [2.75, 3.05) is 5.32 Å². The highest BCUT2D eigenvalue weighted by Gasteiger charge is 2.12. The number of allylic oxidation sites excluding steroid dienone is 1. The van der Waals surface area contributed by atoms with Crippen LogP contribution in [-0.2, 0) is 5.75 Å². The zero-order valence-electron chi connectivity index (χ0n) is 14.9. The molecule has 5 heteroatoms. The molecule has 0 fully saturated rings. The number of hydrogen-bond acceptors (Lipinski definition) is 4. The predicted molar refractivity (Wildman–Crippen MR) is 116 cm³/mol. The van der Waals surface area contributed by atoms with E-state index in [-0.39, 0.29) is 11.4 Å². The molecule has 0 saturated carbocycles. The number of ketones is 1. The molecule has 0 aromatic heterocycles. The number of Topliss-reactive ketones (excluding diaryl/α,β-unsaturated/α-hetero) is 1. The molecular formula is C23H17ClN2OS. The molecule has 3 aromatic carbocycles. The molecule has 0 radical (unpaired) electrons. The van der Waals surface area contributed by atoms with Crippen LogP contribution in [0.4, 0.5) is 5.69 Å². The van der Waals surface area contributed by atoms with Crippen LogP contribution >= 0.6 is 23.4 Å². The van der Waals surface area contributed by atoms with Crippen LogP contribution in [-0.4, -0.2) is 5.78 Å². The Morgan fingerprint density at radius 3 is 2.57 bits per heavy atom. The Morgan fingerprint density at radius 2 is 1.82 bits per heavy atom. The number of nitriles is 1. The molecule has 0 aliphatic heterocycles. The number of carbonyl (C=O) groups excluding carboxylic acids is 1. The third-order valence-corrected chi connectivity index (χ3v) is 5.23. The van der Waals surface area contributed by atoms with Crippen molar-refractivity contribution in [2.24, 2.45) is 0 Å². The lowest BCUT2D eigenvalue weighted by molar-refractivity contribution is 0.103. The van der Waals surface area contributed by atoms with E-state index in [1.54, 1.807) is 36.0 Å². The minimum atomic E-state index is -0.316. The summed E-state index contributed by atoms with van der Waals surface area (Å²) >= 11 is 7.65. The number of nitrogens with one attached hydrogen (secondary N) is 1. The fraction of sp³-hybridized carbons (Fsp3) is 0.0435. The Labute approximate surface area is 173 Å². The molecule has 0 amide bonds. The first kappa shape index (κ1) is 19.8. The first-order valence-corrected chi connectivity index (χ1v) is 9.96. The number of benzene rings is 3. The second-order valence-electron chi connectivity index (χ2n) is 5.96. The van der Waals surface area contributed by atoms with E-state index in [0.717, 1.165) is 11.3 Å². The average Bonchev–Trinajstić information content (AvgIpc) is 2.73. The molecule has 0 heterocycles. The Kier molecular flexibility index (Phi) is 6.91. The Bertz CT molecular complexity index is 1040. The molecule has 28 heavy (non-hydrogen) atoms. The van der Waals surface area contributed by atoms with Crippen LogP contribution in [0.25, 0.3) is 0 Å². The molecule has 0 aliphatic carbocycles. The number of anilines is 1. The summed E-state index contributed by atoms with van der Waals surface area (Å²) in [6, 6.07) is 26.5. The molecule has 0 unspecified atom stereocenters. The van der Waals surface area contributed by atoms with E-state index in [2.05, 4.69) is 17.4 Å². The Morgan fingerprint density at radius 1 is 1.04 bits per heavy atom. The smallest absolute Gasteiger partial charge is 0.205 e. The van der Waals surface area contributed by atoms with Crippen molar-refractivity contribution >= 4 is 34.8 Å². The number of rotatable bonds is 7. The van der Waals surface area contributed by atoms with Crippen molar-refractivity contribution < 1.29 is 4.79 Å². The van der Waals surface area contributed by atoms with Crippen molar-refractivity contribution in [3.8, 4) is 6.07 Å². The van der Waals surface area contributed by atoms with Gasteiger partial charge in [0.2, 0.25) is 5.78 Å². The van der Waals surface area contributed by atoms with Gasteiger partial charge in [-0.25, -0.2) is 0 Å². The van der Waals surface area contributed by atoms with Crippen LogP contribution in [0.15, 0.2) is 95.5 Å². The average molecular weight is 405 g/mol. The van der Waals surface area contributed by atoms with Gasteiger partial charge in [-0.2, -0.15) is 5.26 Å². The van der Waals surface area contributed by atoms with Crippen LogP contribution in [0.3, 0.4) is 0 Å². The van der Waals surface area contributed by atoms with Gasteiger partial charge in [0.15, 0.2) is 0 Å². The van der Waals surface area contributed by atoms with Crippen molar-refractivity contribution in [1.29, 1.82) is 5.26 Å². The molecule has 0 spiro atoms. The van der Waals surface area contributed by atoms with Gasteiger partial charge in [-0.05, 0) is 42.0 Å². The van der Waals surface area contributed by atoms with E-state index in [9.17, 15) is 10.1 Å². The van der Waals surface area contributed by atoms with Gasteiger partial charge < -0.3 is 5.32 Å². The van der Waals surface area contributed by atoms with Crippen LogP contribution in [0, 0.1) is 11.3 Å². The molecule has 0 bridgehead atoms. The highest BCUT2D eigenvalue weighted by molar-refractivity contribution is 7.98. The Balaban J connectivity index is 1.71. The van der Waals surface area contributed by atoms with Crippen LogP contribution in [0.1, 0.15) is 15.9 Å². The van der Waals surface area contributed by atoms with Crippen LogP contribution in [0.2, 0.25) is 5.02 Å². The summed E-state index contributed by atoms with van der Waals surface area (Å²) in [6.45, 7) is 0. The highest BCUT2D eigenvalue weighted by atomic mass is 35.5. The fourth-order valence-electron chi connectivity index (χ4n) is 2.52. The van der Waals surface area contributed by atoms with Gasteiger partial charge in [0.05, 0.1) is 0 Å². The summed E-state index contributed by atoms with van der Waals surface area (Å²) in [7, 11) is 0. The molecule has 3 nitrogen and oxygen atoms in total. The van der Waals surface area contributed by atoms with Gasteiger partial charge in [0.1, 0.15) is 11.6 Å². The lowest BCUT2D eigenvalue weighted by Gasteiger charge is -2.06. The van der Waals surface area contributed by atoms with E-state index in [4.69, 9.17) is 11.6 Å². The SMILES string of the molecule is N#C/C(=C\Nc1cccc(Cl)c1)C(=O)c1cccc(CSc2ccccc2)c1. The van der Waals surface area contributed by atoms with Gasteiger partial charge in [-0.1, -0.05) is 54.1 Å². The lowest BCUT2D eigenvalue weighted by Crippen LogP contribution is -2.05. The van der Waals surface area contributed by atoms with E-state index < -0.39 is 0 Å². The molecule has 3 rings (SSSR count). The van der Waals surface area contributed by atoms with Crippen molar-refractivity contribution in [1.82, 2.24) is 0 Å². The molecule has 138 valence electrons. The summed E-state index contributed by atoms with van der Waals surface area (Å²) in [5, 5.41) is 12.9. The number of thioether (sulfide) groups is 1. The summed E-state index contributed by atoms with van der Waals surface area (Å²) < 4.78 is 0.